The molecule has 3 rings (SSSR count). The fourth-order valence-corrected chi connectivity index (χ4v) is 2.88. The van der Waals surface area contributed by atoms with Gasteiger partial charge in [-0.25, -0.2) is 14.8 Å². The van der Waals surface area contributed by atoms with Crippen LogP contribution in [0.2, 0.25) is 0 Å². The summed E-state index contributed by atoms with van der Waals surface area (Å²) in [4.78, 5) is 36.0. The van der Waals surface area contributed by atoms with Gasteiger partial charge in [0.1, 0.15) is 5.60 Å². The van der Waals surface area contributed by atoms with E-state index in [0.717, 1.165) is 11.1 Å². The van der Waals surface area contributed by atoms with Gasteiger partial charge in [-0.3, -0.25) is 4.79 Å². The average Bonchev–Trinajstić information content (AvgIpc) is 2.67. The number of rotatable bonds is 3. The van der Waals surface area contributed by atoms with Gasteiger partial charge in [-0.05, 0) is 38.5 Å². The molecule has 2 heterocycles. The lowest BCUT2D eigenvalue weighted by molar-refractivity contribution is 0.0240. The first kappa shape index (κ1) is 19.6. The fraction of sp³-hybridized carbons (Fsp3) is 0.400. The predicted molar refractivity (Wildman–Crippen MR) is 106 cm³/mol. The number of nitrogens with zero attached hydrogens (tertiary/aromatic N) is 4. The van der Waals surface area contributed by atoms with E-state index in [2.05, 4.69) is 9.97 Å². The molecule has 0 unspecified atom stereocenters. The van der Waals surface area contributed by atoms with Crippen molar-refractivity contribution in [2.24, 2.45) is 5.73 Å². The zero-order chi connectivity index (χ0) is 20.3. The molecular formula is C20H25N5O3. The van der Waals surface area contributed by atoms with Crippen LogP contribution in [0.4, 0.5) is 10.7 Å². The van der Waals surface area contributed by atoms with Crippen LogP contribution >= 0.6 is 0 Å². The molecule has 2 N–H and O–H groups in total. The van der Waals surface area contributed by atoms with Crippen LogP contribution in [-0.2, 0) is 4.74 Å². The summed E-state index contributed by atoms with van der Waals surface area (Å²) >= 11 is 0. The SMILES string of the molecule is CC(C)(C)OC(=O)N1CCN(c2ncc(-c3ccc(C(N)=O)cc3)cn2)CC1. The van der Waals surface area contributed by atoms with Crippen molar-refractivity contribution in [3.05, 3.63) is 42.2 Å². The minimum atomic E-state index is -0.497. The number of carbonyl (C=O) groups is 2. The molecule has 1 aliphatic heterocycles. The number of anilines is 1. The van der Waals surface area contributed by atoms with E-state index < -0.39 is 11.5 Å². The van der Waals surface area contributed by atoms with Gasteiger partial charge in [-0.1, -0.05) is 12.1 Å². The summed E-state index contributed by atoms with van der Waals surface area (Å²) in [5.74, 6) is 0.171. The summed E-state index contributed by atoms with van der Waals surface area (Å²) in [5.41, 5.74) is 6.99. The number of aromatic nitrogens is 2. The zero-order valence-corrected chi connectivity index (χ0v) is 16.4. The van der Waals surface area contributed by atoms with Crippen LogP contribution < -0.4 is 10.6 Å². The lowest BCUT2D eigenvalue weighted by Gasteiger charge is -2.35. The highest BCUT2D eigenvalue weighted by Crippen LogP contribution is 2.20. The lowest BCUT2D eigenvalue weighted by atomic mass is 10.1. The third-order valence-corrected chi connectivity index (χ3v) is 4.36. The summed E-state index contributed by atoms with van der Waals surface area (Å²) in [5, 5.41) is 0. The maximum atomic E-state index is 12.1. The topological polar surface area (TPSA) is 102 Å². The fourth-order valence-electron chi connectivity index (χ4n) is 2.88. The quantitative estimate of drug-likeness (QED) is 0.873. The highest BCUT2D eigenvalue weighted by atomic mass is 16.6. The molecule has 0 saturated carbocycles. The number of hydrogen-bond donors (Lipinski definition) is 1. The number of nitrogens with two attached hydrogens (primary N) is 1. The second kappa shape index (κ2) is 7.84. The summed E-state index contributed by atoms with van der Waals surface area (Å²) < 4.78 is 5.41. The number of benzene rings is 1. The van der Waals surface area contributed by atoms with Gasteiger partial charge < -0.3 is 20.3 Å². The smallest absolute Gasteiger partial charge is 0.410 e. The van der Waals surface area contributed by atoms with Crippen LogP contribution in [-0.4, -0.2) is 58.6 Å². The Kier molecular flexibility index (Phi) is 5.48. The molecule has 0 aliphatic carbocycles. The first-order valence-corrected chi connectivity index (χ1v) is 9.18. The van der Waals surface area contributed by atoms with Gasteiger partial charge in [0.15, 0.2) is 0 Å². The first-order chi connectivity index (χ1) is 13.2. The summed E-state index contributed by atoms with van der Waals surface area (Å²) in [6, 6.07) is 7.00. The van der Waals surface area contributed by atoms with E-state index in [1.165, 1.54) is 0 Å². The van der Waals surface area contributed by atoms with Gasteiger partial charge in [-0.15, -0.1) is 0 Å². The minimum Gasteiger partial charge on any atom is -0.444 e. The molecule has 0 spiro atoms. The van der Waals surface area contributed by atoms with E-state index in [0.29, 0.717) is 37.7 Å². The van der Waals surface area contributed by atoms with Crippen molar-refractivity contribution in [2.45, 2.75) is 26.4 Å². The van der Waals surface area contributed by atoms with E-state index in [-0.39, 0.29) is 6.09 Å². The summed E-state index contributed by atoms with van der Waals surface area (Å²) in [6.07, 6.45) is 3.21. The third kappa shape index (κ3) is 4.76. The molecule has 1 aromatic carbocycles. The molecule has 0 atom stereocenters. The van der Waals surface area contributed by atoms with Crippen LogP contribution in [0.25, 0.3) is 11.1 Å². The Balaban J connectivity index is 1.60. The summed E-state index contributed by atoms with van der Waals surface area (Å²) in [6.45, 7) is 7.99. The minimum absolute atomic E-state index is 0.289. The van der Waals surface area contributed by atoms with Crippen LogP contribution in [0.3, 0.4) is 0 Å². The molecular weight excluding hydrogens is 358 g/mol. The Hall–Kier alpha value is -3.16. The van der Waals surface area contributed by atoms with Crippen molar-refractivity contribution in [1.29, 1.82) is 0 Å². The molecule has 1 saturated heterocycles. The second-order valence-corrected chi connectivity index (χ2v) is 7.67. The highest BCUT2D eigenvalue weighted by molar-refractivity contribution is 5.93. The van der Waals surface area contributed by atoms with Crippen molar-refractivity contribution in [3.63, 3.8) is 0 Å². The Morgan fingerprint density at radius 3 is 2.04 bits per heavy atom. The van der Waals surface area contributed by atoms with Crippen molar-refractivity contribution in [2.75, 3.05) is 31.1 Å². The van der Waals surface area contributed by atoms with Gasteiger partial charge in [0.05, 0.1) is 0 Å². The van der Waals surface area contributed by atoms with Gasteiger partial charge in [0, 0.05) is 49.7 Å². The van der Waals surface area contributed by atoms with Crippen molar-refractivity contribution in [1.82, 2.24) is 14.9 Å². The van der Waals surface area contributed by atoms with E-state index >= 15 is 0 Å². The average molecular weight is 383 g/mol. The molecule has 2 aromatic rings. The number of piperazine rings is 1. The zero-order valence-electron chi connectivity index (χ0n) is 16.4. The molecule has 148 valence electrons. The third-order valence-electron chi connectivity index (χ3n) is 4.36. The number of ether oxygens (including phenoxy) is 1. The number of amides is 2. The Morgan fingerprint density at radius 2 is 1.54 bits per heavy atom. The predicted octanol–water partition coefficient (Wildman–Crippen LogP) is 2.30. The number of primary amides is 1. The van der Waals surface area contributed by atoms with Crippen molar-refractivity contribution in [3.8, 4) is 11.1 Å². The number of carbonyl (C=O) groups excluding carboxylic acids is 2. The van der Waals surface area contributed by atoms with E-state index in [1.54, 1.807) is 29.4 Å². The van der Waals surface area contributed by atoms with Crippen LogP contribution in [0.1, 0.15) is 31.1 Å². The summed E-state index contributed by atoms with van der Waals surface area (Å²) in [7, 11) is 0. The monoisotopic (exact) mass is 383 g/mol. The van der Waals surface area contributed by atoms with Crippen LogP contribution in [0.15, 0.2) is 36.7 Å². The van der Waals surface area contributed by atoms with Gasteiger partial charge in [0.2, 0.25) is 11.9 Å². The van der Waals surface area contributed by atoms with E-state index in [4.69, 9.17) is 10.5 Å². The number of hydrogen-bond acceptors (Lipinski definition) is 6. The van der Waals surface area contributed by atoms with Gasteiger partial charge in [-0.2, -0.15) is 0 Å². The molecule has 28 heavy (non-hydrogen) atoms. The molecule has 8 heteroatoms. The van der Waals surface area contributed by atoms with Crippen LogP contribution in [0, 0.1) is 0 Å². The maximum Gasteiger partial charge on any atom is 0.410 e. The van der Waals surface area contributed by atoms with Crippen LogP contribution in [0.5, 0.6) is 0 Å². The Morgan fingerprint density at radius 1 is 0.964 bits per heavy atom. The maximum absolute atomic E-state index is 12.1. The highest BCUT2D eigenvalue weighted by Gasteiger charge is 2.26. The molecule has 0 bridgehead atoms. The molecule has 2 amide bonds. The molecule has 1 fully saturated rings. The Bertz CT molecular complexity index is 836. The standard InChI is InChI=1S/C20H25N5O3/c1-20(2,3)28-19(27)25-10-8-24(9-11-25)18-22-12-16(13-23-18)14-4-6-15(7-5-14)17(21)26/h4-7,12-13H,8-11H2,1-3H3,(H2,21,26). The van der Waals surface area contributed by atoms with Crippen molar-refractivity contribution >= 4 is 17.9 Å². The molecule has 0 radical (unpaired) electrons. The van der Waals surface area contributed by atoms with Gasteiger partial charge >= 0.3 is 6.09 Å². The molecule has 1 aromatic heterocycles. The second-order valence-electron chi connectivity index (χ2n) is 7.67. The van der Waals surface area contributed by atoms with E-state index in [1.807, 2.05) is 37.8 Å². The lowest BCUT2D eigenvalue weighted by Crippen LogP contribution is -2.50. The van der Waals surface area contributed by atoms with Gasteiger partial charge in [0.25, 0.3) is 0 Å². The Labute approximate surface area is 164 Å². The first-order valence-electron chi connectivity index (χ1n) is 9.18. The normalized spacial score (nSPS) is 14.7. The molecule has 8 nitrogen and oxygen atoms in total. The largest absolute Gasteiger partial charge is 0.444 e. The van der Waals surface area contributed by atoms with Crippen molar-refractivity contribution < 1.29 is 14.3 Å². The molecule has 1 aliphatic rings. The van der Waals surface area contributed by atoms with E-state index in [9.17, 15) is 9.59 Å².